The van der Waals surface area contributed by atoms with Crippen molar-refractivity contribution >= 4 is 13.7 Å². The molecule has 60 heavy (non-hydrogen) atoms. The molecule has 0 aromatic carbocycles. The van der Waals surface area contributed by atoms with Crippen molar-refractivity contribution in [3.8, 4) is 0 Å². The molecule has 0 fully saturated rings. The van der Waals surface area contributed by atoms with E-state index >= 15 is 0 Å². The van der Waals surface area contributed by atoms with Crippen LogP contribution in [0.2, 0.25) is 0 Å². The number of carbonyl (C=O) groups excluding carboxylic acids is 1. The first kappa shape index (κ1) is 59.0. The molecule has 356 valence electrons. The molecule has 0 aliphatic heterocycles. The third-order valence-electron chi connectivity index (χ3n) is 11.6. The van der Waals surface area contributed by atoms with Crippen LogP contribution < -0.4 is 5.32 Å². The molecule has 3 atom stereocenters. The number of unbranched alkanes of at least 4 members (excludes halogenated alkanes) is 32. The van der Waals surface area contributed by atoms with Gasteiger partial charge in [-0.05, 0) is 38.5 Å². The predicted molar refractivity (Wildman–Crippen MR) is 258 cm³/mol. The molecule has 8 nitrogen and oxygen atoms in total. The largest absolute Gasteiger partial charge is 0.472 e. The van der Waals surface area contributed by atoms with Crippen molar-refractivity contribution in [2.45, 2.75) is 257 Å². The van der Waals surface area contributed by atoms with E-state index in [1.807, 2.05) is 27.2 Å². The lowest BCUT2D eigenvalue weighted by Crippen LogP contribution is -2.45. The standard InChI is InChI=1S/C51H101N2O6P/c1-6-8-10-12-14-16-18-19-20-21-22-23-24-25-26-27-28-29-30-31-32-33-34-35-36-38-40-42-44-50(54)49(48-59-60(56,57)58-47-46-53(3,4)5)52-51(55)45-43-41-39-37-17-15-13-11-9-7-2/h11,13,42,44,49-50,54H,6-10,12,14-41,43,45-48H2,1-5H3,(H-,52,55,56,57)/p+1/b13-11-,44-42+. The molecule has 3 unspecified atom stereocenters. The van der Waals surface area contributed by atoms with E-state index < -0.39 is 20.0 Å². The number of hydrogen-bond donors (Lipinski definition) is 3. The zero-order chi connectivity index (χ0) is 44.3. The lowest BCUT2D eigenvalue weighted by Gasteiger charge is -2.25. The smallest absolute Gasteiger partial charge is 0.387 e. The highest BCUT2D eigenvalue weighted by Gasteiger charge is 2.27. The molecule has 0 aliphatic carbocycles. The van der Waals surface area contributed by atoms with Gasteiger partial charge in [0.15, 0.2) is 0 Å². The molecule has 0 saturated heterocycles. The molecule has 0 heterocycles. The Balaban J connectivity index is 4.10. The molecule has 3 N–H and O–H groups in total. The topological polar surface area (TPSA) is 105 Å². The fourth-order valence-electron chi connectivity index (χ4n) is 7.57. The number of carbonyl (C=O) groups is 1. The number of nitrogens with zero attached hydrogens (tertiary/aromatic N) is 1. The van der Waals surface area contributed by atoms with Gasteiger partial charge in [-0.25, -0.2) is 4.57 Å². The number of rotatable bonds is 47. The fourth-order valence-corrected chi connectivity index (χ4v) is 8.31. The van der Waals surface area contributed by atoms with E-state index in [4.69, 9.17) is 9.05 Å². The van der Waals surface area contributed by atoms with Crippen LogP contribution in [0.5, 0.6) is 0 Å². The van der Waals surface area contributed by atoms with Crippen molar-refractivity contribution in [1.82, 2.24) is 5.32 Å². The van der Waals surface area contributed by atoms with Gasteiger partial charge in [-0.3, -0.25) is 13.8 Å². The minimum atomic E-state index is -4.34. The number of allylic oxidation sites excluding steroid dienone is 3. The fraction of sp³-hybridized carbons (Fsp3) is 0.902. The number of amides is 1. The molecule has 0 radical (unpaired) electrons. The van der Waals surface area contributed by atoms with Gasteiger partial charge in [-0.1, -0.05) is 224 Å². The third-order valence-corrected chi connectivity index (χ3v) is 12.6. The lowest BCUT2D eigenvalue weighted by atomic mass is 10.0. The van der Waals surface area contributed by atoms with Crippen molar-refractivity contribution in [2.75, 3.05) is 40.9 Å². The minimum absolute atomic E-state index is 0.0609. The molecular formula is C51H102N2O6P+. The first-order valence-corrected chi connectivity index (χ1v) is 27.2. The summed E-state index contributed by atoms with van der Waals surface area (Å²) in [7, 11) is 1.57. The quantitative estimate of drug-likeness (QED) is 0.0243. The van der Waals surface area contributed by atoms with E-state index in [0.29, 0.717) is 17.4 Å². The van der Waals surface area contributed by atoms with Crippen molar-refractivity contribution < 1.29 is 32.9 Å². The second-order valence-electron chi connectivity index (χ2n) is 18.9. The van der Waals surface area contributed by atoms with Crippen LogP contribution in [0.15, 0.2) is 24.3 Å². The highest BCUT2D eigenvalue weighted by molar-refractivity contribution is 7.47. The number of nitrogens with one attached hydrogen (secondary N) is 1. The van der Waals surface area contributed by atoms with E-state index in [1.54, 1.807) is 6.08 Å². The predicted octanol–water partition coefficient (Wildman–Crippen LogP) is 14.9. The molecule has 0 aromatic heterocycles. The van der Waals surface area contributed by atoms with Gasteiger partial charge in [-0.15, -0.1) is 0 Å². The van der Waals surface area contributed by atoms with Gasteiger partial charge < -0.3 is 19.8 Å². The van der Waals surface area contributed by atoms with Crippen molar-refractivity contribution in [3.63, 3.8) is 0 Å². The Kier molecular flexibility index (Phi) is 42.5. The average Bonchev–Trinajstić information content (AvgIpc) is 3.20. The molecular weight excluding hydrogens is 768 g/mol. The van der Waals surface area contributed by atoms with Gasteiger partial charge >= 0.3 is 7.82 Å². The number of aliphatic hydroxyl groups is 1. The highest BCUT2D eigenvalue weighted by Crippen LogP contribution is 2.43. The lowest BCUT2D eigenvalue weighted by molar-refractivity contribution is -0.870. The SMILES string of the molecule is CCC/C=C\CCCCCCCC(=O)NC(COP(=O)(O)OCC[N+](C)(C)C)C(O)/C=C/CCCCCCCCCCCCCCCCCCCCCCCCCCCC. The third kappa shape index (κ3) is 45.0. The summed E-state index contributed by atoms with van der Waals surface area (Å²) in [6.07, 6.45) is 52.9. The minimum Gasteiger partial charge on any atom is -0.387 e. The number of phosphoric acid groups is 1. The second kappa shape index (κ2) is 43.2. The summed E-state index contributed by atoms with van der Waals surface area (Å²) in [6, 6.07) is -0.847. The molecule has 0 spiro atoms. The van der Waals surface area contributed by atoms with Gasteiger partial charge in [0.1, 0.15) is 13.2 Å². The summed E-state index contributed by atoms with van der Waals surface area (Å²) in [5.41, 5.74) is 0. The maximum atomic E-state index is 12.8. The molecule has 0 bridgehead atoms. The number of phosphoric ester groups is 1. The summed E-state index contributed by atoms with van der Waals surface area (Å²) in [4.78, 5) is 23.1. The van der Waals surface area contributed by atoms with Gasteiger partial charge in [-0.2, -0.15) is 0 Å². The van der Waals surface area contributed by atoms with Crippen LogP contribution in [0.25, 0.3) is 0 Å². The van der Waals surface area contributed by atoms with E-state index in [-0.39, 0.29) is 19.1 Å². The average molecular weight is 870 g/mol. The summed E-state index contributed by atoms with van der Waals surface area (Å²) in [5.74, 6) is -0.187. The second-order valence-corrected chi connectivity index (χ2v) is 20.4. The Morgan fingerprint density at radius 3 is 1.35 bits per heavy atom. The van der Waals surface area contributed by atoms with Gasteiger partial charge in [0.25, 0.3) is 0 Å². The van der Waals surface area contributed by atoms with Crippen LogP contribution in [0.3, 0.4) is 0 Å². The van der Waals surface area contributed by atoms with E-state index in [0.717, 1.165) is 57.8 Å². The van der Waals surface area contributed by atoms with Crippen LogP contribution in [0.4, 0.5) is 0 Å². The number of likely N-dealkylation sites (N-methyl/N-ethyl adjacent to an activating group) is 1. The van der Waals surface area contributed by atoms with Crippen LogP contribution in [0, 0.1) is 0 Å². The van der Waals surface area contributed by atoms with E-state index in [2.05, 4.69) is 31.3 Å². The Bertz CT molecular complexity index is 1030. The molecule has 0 saturated carbocycles. The molecule has 9 heteroatoms. The van der Waals surface area contributed by atoms with Crippen LogP contribution in [0.1, 0.15) is 245 Å². The van der Waals surface area contributed by atoms with Crippen LogP contribution in [-0.2, 0) is 18.4 Å². The summed E-state index contributed by atoms with van der Waals surface area (Å²) < 4.78 is 23.6. The normalized spacial score (nSPS) is 14.3. The van der Waals surface area contributed by atoms with Crippen molar-refractivity contribution in [2.24, 2.45) is 0 Å². The Morgan fingerprint density at radius 2 is 0.933 bits per heavy atom. The Labute approximate surface area is 373 Å². The molecule has 0 aliphatic rings. The van der Waals surface area contributed by atoms with Crippen molar-refractivity contribution in [1.29, 1.82) is 0 Å². The summed E-state index contributed by atoms with van der Waals surface area (Å²) in [5, 5.41) is 13.8. The number of quaternary nitrogens is 1. The maximum absolute atomic E-state index is 12.8. The number of aliphatic hydroxyl groups excluding tert-OH is 1. The van der Waals surface area contributed by atoms with Crippen LogP contribution >= 0.6 is 7.82 Å². The van der Waals surface area contributed by atoms with E-state index in [1.165, 1.54) is 167 Å². The highest BCUT2D eigenvalue weighted by atomic mass is 31.2. The first-order valence-electron chi connectivity index (χ1n) is 25.7. The van der Waals surface area contributed by atoms with Crippen LogP contribution in [-0.4, -0.2) is 73.4 Å². The number of hydrogen-bond acceptors (Lipinski definition) is 5. The maximum Gasteiger partial charge on any atom is 0.472 e. The molecule has 0 aromatic rings. The molecule has 1 amide bonds. The first-order chi connectivity index (χ1) is 29.0. The molecule has 0 rings (SSSR count). The summed E-state index contributed by atoms with van der Waals surface area (Å²) in [6.45, 7) is 4.76. The van der Waals surface area contributed by atoms with Gasteiger partial charge in [0, 0.05) is 6.42 Å². The van der Waals surface area contributed by atoms with Crippen molar-refractivity contribution in [3.05, 3.63) is 24.3 Å². The summed E-state index contributed by atoms with van der Waals surface area (Å²) >= 11 is 0. The van der Waals surface area contributed by atoms with E-state index in [9.17, 15) is 19.4 Å². The zero-order valence-corrected chi connectivity index (χ0v) is 41.4. The zero-order valence-electron chi connectivity index (χ0n) is 40.5. The van der Waals surface area contributed by atoms with Gasteiger partial charge in [0.05, 0.1) is 39.9 Å². The Morgan fingerprint density at radius 1 is 0.550 bits per heavy atom. The Hall–Kier alpha value is -1.02. The van der Waals surface area contributed by atoms with Gasteiger partial charge in [0.2, 0.25) is 5.91 Å². The monoisotopic (exact) mass is 870 g/mol.